The van der Waals surface area contributed by atoms with Crippen LogP contribution in [0.1, 0.15) is 5.56 Å². The molecular weight excluding hydrogens is 330 g/mol. The van der Waals surface area contributed by atoms with Gasteiger partial charge in [0.1, 0.15) is 11.5 Å². The molecule has 0 saturated carbocycles. The van der Waals surface area contributed by atoms with Crippen LogP contribution in [0.25, 0.3) is 0 Å². The first-order valence-corrected chi connectivity index (χ1v) is 8.25. The minimum Gasteiger partial charge on any atom is -0.496 e. The number of hydrogen-bond donors (Lipinski definition) is 2. The largest absolute Gasteiger partial charge is 0.496 e. The van der Waals surface area contributed by atoms with Crippen LogP contribution in [0.3, 0.4) is 0 Å². The number of anilines is 3. The van der Waals surface area contributed by atoms with Crippen molar-refractivity contribution in [3.05, 3.63) is 60.3 Å². The lowest BCUT2D eigenvalue weighted by Gasteiger charge is -2.11. The van der Waals surface area contributed by atoms with E-state index in [0.29, 0.717) is 18.3 Å². The van der Waals surface area contributed by atoms with Crippen molar-refractivity contribution in [2.45, 2.75) is 6.42 Å². The van der Waals surface area contributed by atoms with Gasteiger partial charge in [-0.25, -0.2) is 0 Å². The van der Waals surface area contributed by atoms with Crippen LogP contribution in [0.4, 0.5) is 17.5 Å². The Bertz CT molecular complexity index is 857. The minimum atomic E-state index is 0.458. The molecule has 1 heterocycles. The van der Waals surface area contributed by atoms with Crippen molar-refractivity contribution in [3.63, 3.8) is 0 Å². The highest BCUT2D eigenvalue weighted by Gasteiger charge is 2.06. The van der Waals surface area contributed by atoms with E-state index in [9.17, 15) is 0 Å². The summed E-state index contributed by atoms with van der Waals surface area (Å²) in [6.45, 7) is 0.667. The highest BCUT2D eigenvalue weighted by Crippen LogP contribution is 2.26. The second-order valence-corrected chi connectivity index (χ2v) is 5.48. The molecule has 0 aliphatic heterocycles. The van der Waals surface area contributed by atoms with Gasteiger partial charge in [0, 0.05) is 6.54 Å². The molecule has 0 atom stereocenters. The molecule has 7 heteroatoms. The van der Waals surface area contributed by atoms with Crippen LogP contribution < -0.4 is 20.1 Å². The number of ether oxygens (including phenoxy) is 2. The van der Waals surface area contributed by atoms with Crippen LogP contribution in [-0.4, -0.2) is 35.9 Å². The average molecular weight is 351 g/mol. The van der Waals surface area contributed by atoms with Crippen LogP contribution in [-0.2, 0) is 6.42 Å². The highest BCUT2D eigenvalue weighted by atomic mass is 16.5. The molecule has 3 rings (SSSR count). The van der Waals surface area contributed by atoms with Crippen LogP contribution in [0.5, 0.6) is 11.5 Å². The lowest BCUT2D eigenvalue weighted by molar-refractivity contribution is 0.410. The SMILES string of the molecule is COc1ccccc1CCNc1nncc(Nc2ccccc2OC)n1. The first-order chi connectivity index (χ1) is 12.8. The zero-order chi connectivity index (χ0) is 18.2. The molecule has 26 heavy (non-hydrogen) atoms. The molecule has 0 spiro atoms. The molecule has 3 aromatic rings. The first kappa shape index (κ1) is 17.5. The van der Waals surface area contributed by atoms with Crippen molar-refractivity contribution in [1.82, 2.24) is 15.2 Å². The molecule has 0 fully saturated rings. The monoisotopic (exact) mass is 351 g/mol. The number of benzene rings is 2. The second kappa shape index (κ2) is 8.66. The lowest BCUT2D eigenvalue weighted by Crippen LogP contribution is -2.10. The third-order valence-corrected chi connectivity index (χ3v) is 3.80. The summed E-state index contributed by atoms with van der Waals surface area (Å²) in [6.07, 6.45) is 2.36. The van der Waals surface area contributed by atoms with E-state index in [4.69, 9.17) is 9.47 Å². The van der Waals surface area contributed by atoms with E-state index in [-0.39, 0.29) is 0 Å². The lowest BCUT2D eigenvalue weighted by atomic mass is 10.1. The summed E-state index contributed by atoms with van der Waals surface area (Å²) < 4.78 is 10.7. The molecule has 0 saturated heterocycles. The summed E-state index contributed by atoms with van der Waals surface area (Å²) in [7, 11) is 3.30. The fraction of sp³-hybridized carbons (Fsp3) is 0.211. The summed E-state index contributed by atoms with van der Waals surface area (Å²) in [5.41, 5.74) is 1.94. The van der Waals surface area contributed by atoms with Crippen molar-refractivity contribution in [2.75, 3.05) is 31.4 Å². The Hall–Kier alpha value is -3.35. The molecule has 0 radical (unpaired) electrons. The Labute approximate surface area is 152 Å². The van der Waals surface area contributed by atoms with Gasteiger partial charge in [-0.2, -0.15) is 10.1 Å². The molecule has 1 aromatic heterocycles. The third-order valence-electron chi connectivity index (χ3n) is 3.80. The van der Waals surface area contributed by atoms with E-state index >= 15 is 0 Å². The summed E-state index contributed by atoms with van der Waals surface area (Å²) in [6, 6.07) is 15.6. The molecule has 2 N–H and O–H groups in total. The van der Waals surface area contributed by atoms with Gasteiger partial charge in [0.2, 0.25) is 5.95 Å². The van der Waals surface area contributed by atoms with Crippen molar-refractivity contribution in [3.8, 4) is 11.5 Å². The maximum absolute atomic E-state index is 5.36. The zero-order valence-corrected chi connectivity index (χ0v) is 14.8. The van der Waals surface area contributed by atoms with Crippen molar-refractivity contribution in [1.29, 1.82) is 0 Å². The summed E-state index contributed by atoms with van der Waals surface area (Å²) in [5.74, 6) is 2.65. The molecule has 0 unspecified atom stereocenters. The van der Waals surface area contributed by atoms with Gasteiger partial charge in [-0.1, -0.05) is 30.3 Å². The summed E-state index contributed by atoms with van der Waals surface area (Å²) >= 11 is 0. The number of hydrogen-bond acceptors (Lipinski definition) is 7. The van der Waals surface area contributed by atoms with Crippen LogP contribution in [0, 0.1) is 0 Å². The molecule has 0 bridgehead atoms. The van der Waals surface area contributed by atoms with Crippen molar-refractivity contribution < 1.29 is 9.47 Å². The molecule has 7 nitrogen and oxygen atoms in total. The van der Waals surface area contributed by atoms with E-state index < -0.39 is 0 Å². The predicted molar refractivity (Wildman–Crippen MR) is 101 cm³/mol. The van der Waals surface area contributed by atoms with Gasteiger partial charge in [-0.3, -0.25) is 0 Å². The van der Waals surface area contributed by atoms with Crippen LogP contribution >= 0.6 is 0 Å². The van der Waals surface area contributed by atoms with E-state index in [0.717, 1.165) is 29.2 Å². The second-order valence-electron chi connectivity index (χ2n) is 5.48. The first-order valence-electron chi connectivity index (χ1n) is 8.25. The third kappa shape index (κ3) is 4.38. The molecule has 0 amide bonds. The van der Waals surface area contributed by atoms with E-state index in [1.165, 1.54) is 0 Å². The molecule has 0 aliphatic rings. The van der Waals surface area contributed by atoms with Gasteiger partial charge in [0.25, 0.3) is 0 Å². The minimum absolute atomic E-state index is 0.458. The Kier molecular flexibility index (Phi) is 5.82. The number of methoxy groups -OCH3 is 2. The van der Waals surface area contributed by atoms with Crippen LogP contribution in [0.15, 0.2) is 54.7 Å². The highest BCUT2D eigenvalue weighted by molar-refractivity contribution is 5.63. The van der Waals surface area contributed by atoms with Gasteiger partial charge < -0.3 is 20.1 Å². The fourth-order valence-corrected chi connectivity index (χ4v) is 2.54. The maximum Gasteiger partial charge on any atom is 0.244 e. The Morgan fingerprint density at radius 1 is 0.923 bits per heavy atom. The average Bonchev–Trinajstić information content (AvgIpc) is 2.69. The van der Waals surface area contributed by atoms with Crippen molar-refractivity contribution in [2.24, 2.45) is 0 Å². The number of nitrogens with zero attached hydrogens (tertiary/aromatic N) is 3. The standard InChI is InChI=1S/C19H21N5O2/c1-25-16-9-5-3-7-14(16)11-12-20-19-23-18(13-21-24-19)22-15-8-4-6-10-17(15)26-2/h3-10,13H,11-12H2,1-2H3,(H2,20,22,23,24). The number of aromatic nitrogens is 3. The molecule has 2 aromatic carbocycles. The Balaban J connectivity index is 1.62. The quantitative estimate of drug-likeness (QED) is 0.644. The maximum atomic E-state index is 5.36. The molecule has 134 valence electrons. The van der Waals surface area contributed by atoms with Crippen LogP contribution in [0.2, 0.25) is 0 Å². The molecule has 0 aliphatic carbocycles. The Morgan fingerprint density at radius 2 is 1.65 bits per heavy atom. The smallest absolute Gasteiger partial charge is 0.244 e. The van der Waals surface area contributed by atoms with Gasteiger partial charge in [0.15, 0.2) is 5.82 Å². The topological polar surface area (TPSA) is 81.2 Å². The summed E-state index contributed by atoms with van der Waals surface area (Å²) in [5, 5.41) is 14.4. The number of para-hydroxylation sites is 3. The van der Waals surface area contributed by atoms with Crippen molar-refractivity contribution >= 4 is 17.5 Å². The fourth-order valence-electron chi connectivity index (χ4n) is 2.54. The normalized spacial score (nSPS) is 10.2. The summed E-state index contributed by atoms with van der Waals surface area (Å²) in [4.78, 5) is 4.43. The van der Waals surface area contributed by atoms with Gasteiger partial charge in [-0.05, 0) is 30.2 Å². The Morgan fingerprint density at radius 3 is 2.46 bits per heavy atom. The molecular formula is C19H21N5O2. The number of rotatable bonds is 8. The van der Waals surface area contributed by atoms with Gasteiger partial charge >= 0.3 is 0 Å². The van der Waals surface area contributed by atoms with E-state index in [2.05, 4.69) is 25.8 Å². The number of nitrogens with one attached hydrogen (secondary N) is 2. The zero-order valence-electron chi connectivity index (χ0n) is 14.8. The predicted octanol–water partition coefficient (Wildman–Crippen LogP) is 3.29. The van der Waals surface area contributed by atoms with E-state index in [1.54, 1.807) is 20.4 Å². The van der Waals surface area contributed by atoms with Gasteiger partial charge in [-0.15, -0.1) is 5.10 Å². The van der Waals surface area contributed by atoms with Gasteiger partial charge in [0.05, 0.1) is 26.1 Å². The van der Waals surface area contributed by atoms with E-state index in [1.807, 2.05) is 48.5 Å².